The molecule has 0 saturated carbocycles. The molecule has 2 aromatic rings. The van der Waals surface area contributed by atoms with Crippen molar-refractivity contribution >= 4 is 37.5 Å². The molecule has 26 heavy (non-hydrogen) atoms. The predicted octanol–water partition coefficient (Wildman–Crippen LogP) is 2.77. The Morgan fingerprint density at radius 3 is 2.42 bits per heavy atom. The van der Waals surface area contributed by atoms with Gasteiger partial charge in [0.05, 0.1) is 11.4 Å². The zero-order chi connectivity index (χ0) is 19.3. The Balaban J connectivity index is 2.01. The molecule has 140 valence electrons. The van der Waals surface area contributed by atoms with Crippen LogP contribution in [0.25, 0.3) is 0 Å². The van der Waals surface area contributed by atoms with Crippen LogP contribution in [-0.4, -0.2) is 51.2 Å². The van der Waals surface area contributed by atoms with E-state index in [2.05, 4.69) is 21.2 Å². The van der Waals surface area contributed by atoms with E-state index in [0.717, 1.165) is 14.3 Å². The summed E-state index contributed by atoms with van der Waals surface area (Å²) < 4.78 is 26.5. The van der Waals surface area contributed by atoms with Crippen molar-refractivity contribution in [1.29, 1.82) is 0 Å². The number of carbonyl (C=O) groups is 1. The molecule has 1 amide bonds. The minimum absolute atomic E-state index is 0.141. The number of hydrogen-bond donors (Lipinski definition) is 1. The number of anilines is 1. The third-order valence-electron chi connectivity index (χ3n) is 3.71. The van der Waals surface area contributed by atoms with Gasteiger partial charge in [-0.3, -0.25) is 9.69 Å². The molecule has 0 heterocycles. The van der Waals surface area contributed by atoms with Gasteiger partial charge in [-0.2, -0.15) is 0 Å². The topological polar surface area (TPSA) is 69.7 Å². The molecule has 2 aromatic carbocycles. The minimum atomic E-state index is -3.54. The highest BCUT2D eigenvalue weighted by molar-refractivity contribution is 9.10. The van der Waals surface area contributed by atoms with E-state index < -0.39 is 10.0 Å². The fourth-order valence-corrected chi connectivity index (χ4v) is 3.72. The SMILES string of the molecule is CN(CC(=O)Nc1cccc(S(=O)(=O)N(C)C)c1)Cc1ccccc1Br. The molecule has 0 saturated heterocycles. The van der Waals surface area contributed by atoms with Crippen LogP contribution in [0.4, 0.5) is 5.69 Å². The monoisotopic (exact) mass is 439 g/mol. The molecule has 0 spiro atoms. The maximum Gasteiger partial charge on any atom is 0.242 e. The van der Waals surface area contributed by atoms with Crippen molar-refractivity contribution in [3.05, 3.63) is 58.6 Å². The first kappa shape index (κ1) is 20.6. The molecule has 0 bridgehead atoms. The Kier molecular flexibility index (Phi) is 6.94. The van der Waals surface area contributed by atoms with E-state index in [1.54, 1.807) is 12.1 Å². The zero-order valence-corrected chi connectivity index (χ0v) is 17.3. The van der Waals surface area contributed by atoms with Gasteiger partial charge in [-0.05, 0) is 36.9 Å². The molecule has 0 aromatic heterocycles. The summed E-state index contributed by atoms with van der Waals surface area (Å²) in [6.07, 6.45) is 0. The van der Waals surface area contributed by atoms with Gasteiger partial charge in [0.1, 0.15) is 0 Å². The predicted molar refractivity (Wildman–Crippen MR) is 106 cm³/mol. The van der Waals surface area contributed by atoms with E-state index in [-0.39, 0.29) is 17.3 Å². The summed E-state index contributed by atoms with van der Waals surface area (Å²) in [4.78, 5) is 14.3. The lowest BCUT2D eigenvalue weighted by Gasteiger charge is -2.17. The van der Waals surface area contributed by atoms with Crippen LogP contribution in [0.5, 0.6) is 0 Å². The number of carbonyl (C=O) groups excluding carboxylic acids is 1. The van der Waals surface area contributed by atoms with E-state index in [1.807, 2.05) is 36.2 Å². The molecule has 0 atom stereocenters. The maximum absolute atomic E-state index is 12.3. The van der Waals surface area contributed by atoms with Gasteiger partial charge < -0.3 is 5.32 Å². The fourth-order valence-electron chi connectivity index (χ4n) is 2.36. The number of rotatable bonds is 7. The number of sulfonamides is 1. The van der Waals surface area contributed by atoms with E-state index in [4.69, 9.17) is 0 Å². The van der Waals surface area contributed by atoms with Crippen LogP contribution in [0.3, 0.4) is 0 Å². The van der Waals surface area contributed by atoms with Crippen LogP contribution >= 0.6 is 15.9 Å². The lowest BCUT2D eigenvalue weighted by molar-refractivity contribution is -0.117. The number of hydrogen-bond acceptors (Lipinski definition) is 4. The number of benzene rings is 2. The van der Waals surface area contributed by atoms with Crippen molar-refractivity contribution in [1.82, 2.24) is 9.21 Å². The Morgan fingerprint density at radius 2 is 1.77 bits per heavy atom. The van der Waals surface area contributed by atoms with Crippen LogP contribution < -0.4 is 5.32 Å². The van der Waals surface area contributed by atoms with Crippen molar-refractivity contribution in [3.63, 3.8) is 0 Å². The molecule has 0 fully saturated rings. The van der Waals surface area contributed by atoms with Crippen LogP contribution in [0.15, 0.2) is 57.9 Å². The summed E-state index contributed by atoms with van der Waals surface area (Å²) in [6, 6.07) is 14.1. The van der Waals surface area contributed by atoms with Crippen molar-refractivity contribution in [2.45, 2.75) is 11.4 Å². The van der Waals surface area contributed by atoms with Crippen LogP contribution in [0.1, 0.15) is 5.56 Å². The summed E-state index contributed by atoms with van der Waals surface area (Å²) in [6.45, 7) is 0.801. The Bertz CT molecular complexity index is 885. The number of nitrogens with zero attached hydrogens (tertiary/aromatic N) is 2. The van der Waals surface area contributed by atoms with E-state index >= 15 is 0 Å². The highest BCUT2D eigenvalue weighted by Crippen LogP contribution is 2.19. The van der Waals surface area contributed by atoms with Crippen LogP contribution in [-0.2, 0) is 21.4 Å². The molecular formula is C18H22BrN3O3S. The zero-order valence-electron chi connectivity index (χ0n) is 14.9. The Labute approximate surface area is 163 Å². The van der Waals surface area contributed by atoms with E-state index in [0.29, 0.717) is 12.2 Å². The Hall–Kier alpha value is -1.74. The quantitative estimate of drug-likeness (QED) is 0.719. The lowest BCUT2D eigenvalue weighted by Crippen LogP contribution is -2.30. The first-order valence-electron chi connectivity index (χ1n) is 7.94. The molecule has 0 radical (unpaired) electrons. The normalized spacial score (nSPS) is 11.8. The van der Waals surface area contributed by atoms with Gasteiger partial charge in [-0.1, -0.05) is 40.2 Å². The van der Waals surface area contributed by atoms with Crippen LogP contribution in [0, 0.1) is 0 Å². The molecular weight excluding hydrogens is 418 g/mol. The molecule has 0 aliphatic heterocycles. The number of amides is 1. The molecule has 0 unspecified atom stereocenters. The van der Waals surface area contributed by atoms with Crippen molar-refractivity contribution in [2.24, 2.45) is 0 Å². The molecule has 1 N–H and O–H groups in total. The van der Waals surface area contributed by atoms with E-state index in [1.165, 1.54) is 26.2 Å². The summed E-state index contributed by atoms with van der Waals surface area (Å²) in [5, 5.41) is 2.75. The second kappa shape index (κ2) is 8.77. The summed E-state index contributed by atoms with van der Waals surface area (Å²) >= 11 is 3.49. The van der Waals surface area contributed by atoms with Gasteiger partial charge in [-0.15, -0.1) is 0 Å². The van der Waals surface area contributed by atoms with Crippen LogP contribution in [0.2, 0.25) is 0 Å². The number of likely N-dealkylation sites (N-methyl/N-ethyl adjacent to an activating group) is 1. The van der Waals surface area contributed by atoms with Gasteiger partial charge in [0, 0.05) is 30.8 Å². The first-order valence-corrected chi connectivity index (χ1v) is 10.2. The lowest BCUT2D eigenvalue weighted by atomic mass is 10.2. The van der Waals surface area contributed by atoms with Crippen molar-refractivity contribution in [2.75, 3.05) is 33.0 Å². The highest BCUT2D eigenvalue weighted by atomic mass is 79.9. The highest BCUT2D eigenvalue weighted by Gasteiger charge is 2.17. The summed E-state index contributed by atoms with van der Waals surface area (Å²) in [5.74, 6) is -0.209. The van der Waals surface area contributed by atoms with E-state index in [9.17, 15) is 13.2 Å². The standard InChI is InChI=1S/C18H22BrN3O3S/c1-21(2)26(24,25)16-9-6-8-15(11-16)20-18(23)13-22(3)12-14-7-4-5-10-17(14)19/h4-11H,12-13H2,1-3H3,(H,20,23). The van der Waals surface area contributed by atoms with Gasteiger partial charge in [0.15, 0.2) is 0 Å². The summed E-state index contributed by atoms with van der Waals surface area (Å²) in [5.41, 5.74) is 1.54. The van der Waals surface area contributed by atoms with Gasteiger partial charge in [0.2, 0.25) is 15.9 Å². The Morgan fingerprint density at radius 1 is 1.08 bits per heavy atom. The second-order valence-corrected chi connectivity index (χ2v) is 9.13. The van der Waals surface area contributed by atoms with Gasteiger partial charge >= 0.3 is 0 Å². The molecule has 2 rings (SSSR count). The third kappa shape index (κ3) is 5.38. The molecule has 8 heteroatoms. The minimum Gasteiger partial charge on any atom is -0.325 e. The van der Waals surface area contributed by atoms with Crippen molar-refractivity contribution in [3.8, 4) is 0 Å². The molecule has 0 aliphatic carbocycles. The van der Waals surface area contributed by atoms with Gasteiger partial charge in [-0.25, -0.2) is 12.7 Å². The fraction of sp³-hybridized carbons (Fsp3) is 0.278. The maximum atomic E-state index is 12.3. The average molecular weight is 440 g/mol. The molecule has 6 nitrogen and oxygen atoms in total. The number of halogens is 1. The average Bonchev–Trinajstić information content (AvgIpc) is 2.56. The third-order valence-corrected chi connectivity index (χ3v) is 6.29. The smallest absolute Gasteiger partial charge is 0.242 e. The summed E-state index contributed by atoms with van der Waals surface area (Å²) in [7, 11) is 1.25. The number of nitrogens with one attached hydrogen (secondary N) is 1. The van der Waals surface area contributed by atoms with Crippen molar-refractivity contribution < 1.29 is 13.2 Å². The molecule has 0 aliphatic rings. The second-order valence-electron chi connectivity index (χ2n) is 6.13. The van der Waals surface area contributed by atoms with Gasteiger partial charge in [0.25, 0.3) is 0 Å². The largest absolute Gasteiger partial charge is 0.325 e. The first-order chi connectivity index (χ1) is 12.2.